The van der Waals surface area contributed by atoms with Gasteiger partial charge in [-0.15, -0.1) is 0 Å². The summed E-state index contributed by atoms with van der Waals surface area (Å²) in [6.07, 6.45) is 4.95. The van der Waals surface area contributed by atoms with Gasteiger partial charge in [-0.05, 0) is 31.0 Å². The first kappa shape index (κ1) is 19.7. The van der Waals surface area contributed by atoms with E-state index in [2.05, 4.69) is 0 Å². The van der Waals surface area contributed by atoms with Crippen molar-refractivity contribution >= 4 is 23.7 Å². The lowest BCUT2D eigenvalue weighted by Crippen LogP contribution is -2.47. The minimum absolute atomic E-state index is 0.117. The molecule has 2 heterocycles. The Morgan fingerprint density at radius 1 is 1.07 bits per heavy atom. The molecule has 1 spiro atoms. The van der Waals surface area contributed by atoms with Crippen LogP contribution in [-0.4, -0.2) is 29.8 Å². The van der Waals surface area contributed by atoms with Crippen LogP contribution in [0.25, 0.3) is 17.4 Å². The fraction of sp³-hybridized carbons (Fsp3) is 0.333. The highest BCUT2D eigenvalue weighted by Crippen LogP contribution is 2.38. The van der Waals surface area contributed by atoms with Gasteiger partial charge in [0.2, 0.25) is 0 Å². The molecule has 0 N–H and O–H groups in total. The van der Waals surface area contributed by atoms with Crippen molar-refractivity contribution in [2.24, 2.45) is 0 Å². The number of nitro benzene ring substituents is 1. The number of nitrogens with zero attached hydrogens (tertiary/aromatic N) is 1. The Labute approximate surface area is 171 Å². The molecule has 0 radical (unpaired) electrons. The zero-order valence-corrected chi connectivity index (χ0v) is 16.2. The molecule has 1 saturated carbocycles. The number of benzene rings is 1. The van der Waals surface area contributed by atoms with Crippen LogP contribution in [0.15, 0.2) is 40.3 Å². The van der Waals surface area contributed by atoms with Gasteiger partial charge in [-0.25, -0.2) is 9.59 Å². The monoisotopic (exact) mass is 413 g/mol. The van der Waals surface area contributed by atoms with Crippen molar-refractivity contribution in [3.8, 4) is 17.1 Å². The van der Waals surface area contributed by atoms with Gasteiger partial charge in [0.1, 0.15) is 22.8 Å². The van der Waals surface area contributed by atoms with E-state index < -0.39 is 22.6 Å². The summed E-state index contributed by atoms with van der Waals surface area (Å²) >= 11 is 0. The molecule has 156 valence electrons. The summed E-state index contributed by atoms with van der Waals surface area (Å²) in [5.41, 5.74) is 0.124. The Morgan fingerprint density at radius 3 is 2.40 bits per heavy atom. The van der Waals surface area contributed by atoms with Crippen LogP contribution in [-0.2, 0) is 19.1 Å². The summed E-state index contributed by atoms with van der Waals surface area (Å²) in [5, 5.41) is 10.9. The van der Waals surface area contributed by atoms with Crippen molar-refractivity contribution in [2.45, 2.75) is 37.9 Å². The van der Waals surface area contributed by atoms with Crippen LogP contribution in [0.3, 0.4) is 0 Å². The quantitative estimate of drug-likeness (QED) is 0.243. The molecular formula is C21H19NO8. The molecule has 1 aromatic heterocycles. The first-order valence-electron chi connectivity index (χ1n) is 9.52. The number of hydrogen-bond acceptors (Lipinski definition) is 8. The molecule has 0 amide bonds. The summed E-state index contributed by atoms with van der Waals surface area (Å²) in [7, 11) is 1.39. The zero-order valence-electron chi connectivity index (χ0n) is 16.2. The van der Waals surface area contributed by atoms with Crippen LogP contribution in [0.5, 0.6) is 5.75 Å². The number of non-ortho nitro benzene ring substituents is 1. The number of furan rings is 1. The Bertz CT molecular complexity index is 1020. The second-order valence-electron chi connectivity index (χ2n) is 7.15. The van der Waals surface area contributed by atoms with Crippen LogP contribution < -0.4 is 4.74 Å². The number of ether oxygens (including phenoxy) is 3. The van der Waals surface area contributed by atoms with Crippen molar-refractivity contribution in [3.05, 3.63) is 51.8 Å². The molecular weight excluding hydrogens is 394 g/mol. The number of carbonyl (C=O) groups is 2. The van der Waals surface area contributed by atoms with E-state index in [-0.39, 0.29) is 22.8 Å². The van der Waals surface area contributed by atoms with Gasteiger partial charge in [-0.1, -0.05) is 6.42 Å². The van der Waals surface area contributed by atoms with Crippen molar-refractivity contribution < 1.29 is 33.1 Å². The number of carbonyl (C=O) groups excluding carboxylic acids is 2. The highest BCUT2D eigenvalue weighted by atomic mass is 16.7. The highest BCUT2D eigenvalue weighted by molar-refractivity contribution is 6.18. The van der Waals surface area contributed by atoms with Gasteiger partial charge < -0.3 is 18.6 Å². The van der Waals surface area contributed by atoms with E-state index in [9.17, 15) is 19.7 Å². The van der Waals surface area contributed by atoms with E-state index >= 15 is 0 Å². The maximum absolute atomic E-state index is 12.4. The highest BCUT2D eigenvalue weighted by Gasteiger charge is 2.46. The van der Waals surface area contributed by atoms with Gasteiger partial charge in [0.15, 0.2) is 0 Å². The topological polar surface area (TPSA) is 118 Å². The molecule has 9 nitrogen and oxygen atoms in total. The van der Waals surface area contributed by atoms with Crippen molar-refractivity contribution in [2.75, 3.05) is 7.11 Å². The molecule has 30 heavy (non-hydrogen) atoms. The molecule has 2 fully saturated rings. The first-order chi connectivity index (χ1) is 14.4. The normalized spacial score (nSPS) is 18.0. The van der Waals surface area contributed by atoms with E-state index in [0.717, 1.165) is 19.3 Å². The molecule has 2 aliphatic rings. The van der Waals surface area contributed by atoms with Crippen molar-refractivity contribution in [1.29, 1.82) is 0 Å². The lowest BCUT2D eigenvalue weighted by Gasteiger charge is -2.38. The molecule has 1 aliphatic heterocycles. The average Bonchev–Trinajstić information content (AvgIpc) is 3.19. The largest absolute Gasteiger partial charge is 0.496 e. The second kappa shape index (κ2) is 7.66. The summed E-state index contributed by atoms with van der Waals surface area (Å²) < 4.78 is 21.8. The van der Waals surface area contributed by atoms with Gasteiger partial charge in [0.05, 0.1) is 23.7 Å². The number of esters is 2. The van der Waals surface area contributed by atoms with Gasteiger partial charge in [0, 0.05) is 25.0 Å². The third kappa shape index (κ3) is 3.66. The summed E-state index contributed by atoms with van der Waals surface area (Å²) in [6.45, 7) is 0. The van der Waals surface area contributed by atoms with Crippen LogP contribution in [0.1, 0.15) is 37.9 Å². The second-order valence-corrected chi connectivity index (χ2v) is 7.15. The zero-order chi connectivity index (χ0) is 21.3. The molecule has 0 bridgehead atoms. The smallest absolute Gasteiger partial charge is 0.349 e. The molecule has 2 aromatic rings. The van der Waals surface area contributed by atoms with Gasteiger partial charge in [-0.3, -0.25) is 10.1 Å². The van der Waals surface area contributed by atoms with E-state index in [1.165, 1.54) is 31.4 Å². The minimum atomic E-state index is -1.15. The summed E-state index contributed by atoms with van der Waals surface area (Å²) in [6, 6.07) is 7.29. The minimum Gasteiger partial charge on any atom is -0.496 e. The maximum Gasteiger partial charge on any atom is 0.349 e. The van der Waals surface area contributed by atoms with Crippen molar-refractivity contribution in [3.63, 3.8) is 0 Å². The predicted molar refractivity (Wildman–Crippen MR) is 103 cm³/mol. The molecule has 9 heteroatoms. The SMILES string of the molecule is COc1cc([N+](=O)[O-])ccc1-c1ccc(C=C2C(=O)OC3(CCCCC3)OC2=O)o1. The summed E-state index contributed by atoms with van der Waals surface area (Å²) in [4.78, 5) is 35.3. The predicted octanol–water partition coefficient (Wildman–Crippen LogP) is 4.01. The van der Waals surface area contributed by atoms with E-state index in [1.54, 1.807) is 12.1 Å². The van der Waals surface area contributed by atoms with Crippen LogP contribution in [0.4, 0.5) is 5.69 Å². The first-order valence-corrected chi connectivity index (χ1v) is 9.52. The van der Waals surface area contributed by atoms with Crippen LogP contribution >= 0.6 is 0 Å². The Kier molecular flexibility index (Phi) is 5.03. The Hall–Kier alpha value is -3.62. The van der Waals surface area contributed by atoms with E-state index in [1.807, 2.05) is 0 Å². The van der Waals surface area contributed by atoms with E-state index in [4.69, 9.17) is 18.6 Å². The lowest BCUT2D eigenvalue weighted by molar-refractivity contribution is -0.384. The molecule has 1 saturated heterocycles. The fourth-order valence-corrected chi connectivity index (χ4v) is 3.68. The molecule has 0 unspecified atom stereocenters. The lowest BCUT2D eigenvalue weighted by atomic mass is 9.93. The molecule has 0 atom stereocenters. The van der Waals surface area contributed by atoms with Crippen LogP contribution in [0, 0.1) is 10.1 Å². The third-order valence-corrected chi connectivity index (χ3v) is 5.19. The molecule has 1 aromatic carbocycles. The summed E-state index contributed by atoms with van der Waals surface area (Å²) in [5.74, 6) is -1.78. The molecule has 1 aliphatic carbocycles. The number of methoxy groups -OCH3 is 1. The third-order valence-electron chi connectivity index (χ3n) is 5.19. The van der Waals surface area contributed by atoms with Crippen LogP contribution in [0.2, 0.25) is 0 Å². The molecule has 4 rings (SSSR count). The van der Waals surface area contributed by atoms with E-state index in [0.29, 0.717) is 24.2 Å². The standard InChI is InChI=1S/C21H19NO8/c1-27-18-11-13(22(25)26)5-7-15(18)17-8-6-14(28-17)12-16-19(23)29-21(30-20(16)24)9-3-2-4-10-21/h5-8,11-12H,2-4,9-10H2,1H3. The number of hydrogen-bond donors (Lipinski definition) is 0. The van der Waals surface area contributed by atoms with Crippen molar-refractivity contribution in [1.82, 2.24) is 0 Å². The Balaban J connectivity index is 1.59. The Morgan fingerprint density at radius 2 is 1.77 bits per heavy atom. The number of rotatable bonds is 4. The van der Waals surface area contributed by atoms with Gasteiger partial charge in [0.25, 0.3) is 11.5 Å². The maximum atomic E-state index is 12.4. The average molecular weight is 413 g/mol. The van der Waals surface area contributed by atoms with Gasteiger partial charge in [-0.2, -0.15) is 0 Å². The van der Waals surface area contributed by atoms with Gasteiger partial charge >= 0.3 is 11.9 Å². The fourth-order valence-electron chi connectivity index (χ4n) is 3.68. The number of nitro groups is 1.